The fourth-order valence-corrected chi connectivity index (χ4v) is 5.82. The van der Waals surface area contributed by atoms with E-state index in [1.54, 1.807) is 16.8 Å². The van der Waals surface area contributed by atoms with Crippen LogP contribution in [-0.4, -0.2) is 59.7 Å². The average Bonchev–Trinajstić information content (AvgIpc) is 3.50. The number of benzene rings is 2. The number of hydrogen-bond acceptors (Lipinski definition) is 6. The fraction of sp³-hybridized carbons (Fsp3) is 0.333. The lowest BCUT2D eigenvalue weighted by Crippen LogP contribution is -2.33. The Morgan fingerprint density at radius 1 is 1.11 bits per heavy atom. The molecule has 1 saturated heterocycles. The molecule has 2 aromatic carbocycles. The van der Waals surface area contributed by atoms with Crippen molar-refractivity contribution in [3.63, 3.8) is 0 Å². The maximum atomic E-state index is 13.4. The topological polar surface area (TPSA) is 114 Å². The molecule has 2 N–H and O–H groups in total. The summed E-state index contributed by atoms with van der Waals surface area (Å²) in [6.45, 7) is 8.11. The van der Waals surface area contributed by atoms with Crippen LogP contribution in [0.2, 0.25) is 0 Å². The van der Waals surface area contributed by atoms with Gasteiger partial charge in [0.1, 0.15) is 23.1 Å². The minimum atomic E-state index is -0.335. The zero-order valence-electron chi connectivity index (χ0n) is 20.9. The first-order chi connectivity index (χ1) is 17.9. The Labute approximate surface area is 211 Å². The molecule has 3 aromatic heterocycles. The second kappa shape index (κ2) is 7.91. The normalized spacial score (nSPS) is 21.1. The predicted octanol–water partition coefficient (Wildman–Crippen LogP) is 2.89. The molecule has 3 atom stereocenters. The first kappa shape index (κ1) is 22.1. The standard InChI is InChI=1S/C27H27N7O3/c1-14-9-16(3)34(30-14)17-11-21-25-22(12-17)37-18-10-15(2)32(13-18)7-8-33-27(36)20-6-4-5-19(23(20)31-33)24(29-25)26(35)28-21/h4-6,9,11-12,15,18,31H,7-8,10,13H2,1-3H3,(H,28,35)/t15-,18?/m1/s1. The highest BCUT2D eigenvalue weighted by molar-refractivity contribution is 5.94. The summed E-state index contributed by atoms with van der Waals surface area (Å²) in [5.74, 6) is 0.604. The van der Waals surface area contributed by atoms with Crippen molar-refractivity contribution in [3.05, 3.63) is 68.5 Å². The summed E-state index contributed by atoms with van der Waals surface area (Å²) in [5, 5.41) is 8.42. The van der Waals surface area contributed by atoms with Gasteiger partial charge in [-0.15, -0.1) is 0 Å². The average molecular weight is 498 g/mol. The number of ether oxygens (including phenoxy) is 1. The number of nitrogens with one attached hydrogen (secondary N) is 2. The van der Waals surface area contributed by atoms with Gasteiger partial charge in [-0.3, -0.25) is 24.3 Å². The molecule has 5 aromatic rings. The van der Waals surface area contributed by atoms with Crippen molar-refractivity contribution in [2.24, 2.45) is 0 Å². The molecule has 0 aliphatic carbocycles. The minimum Gasteiger partial charge on any atom is -0.487 e. The molecule has 6 bridgehead atoms. The van der Waals surface area contributed by atoms with Crippen LogP contribution in [0.3, 0.4) is 0 Å². The maximum Gasteiger partial charge on any atom is 0.275 e. The van der Waals surface area contributed by atoms with Gasteiger partial charge >= 0.3 is 0 Å². The highest BCUT2D eigenvalue weighted by atomic mass is 16.5. The van der Waals surface area contributed by atoms with Crippen molar-refractivity contribution in [2.75, 3.05) is 13.1 Å². The molecule has 0 radical (unpaired) electrons. The lowest BCUT2D eigenvalue weighted by atomic mass is 10.1. The molecule has 2 aliphatic rings. The van der Waals surface area contributed by atoms with Crippen molar-refractivity contribution in [3.8, 4) is 22.7 Å². The summed E-state index contributed by atoms with van der Waals surface area (Å²) in [6.07, 6.45) is 0.805. The van der Waals surface area contributed by atoms with Gasteiger partial charge in [0.05, 0.1) is 34.3 Å². The monoisotopic (exact) mass is 497 g/mol. The molecule has 5 heterocycles. The van der Waals surface area contributed by atoms with Gasteiger partial charge in [0, 0.05) is 42.9 Å². The molecule has 7 rings (SSSR count). The third kappa shape index (κ3) is 3.43. The maximum absolute atomic E-state index is 13.4. The fourth-order valence-electron chi connectivity index (χ4n) is 5.82. The number of rotatable bonds is 1. The Hall–Kier alpha value is -4.18. The molecular weight excluding hydrogens is 470 g/mol. The Bertz CT molecular complexity index is 1830. The molecule has 37 heavy (non-hydrogen) atoms. The van der Waals surface area contributed by atoms with Crippen LogP contribution in [-0.2, 0) is 6.54 Å². The van der Waals surface area contributed by atoms with Gasteiger partial charge in [0.25, 0.3) is 11.1 Å². The van der Waals surface area contributed by atoms with Crippen molar-refractivity contribution in [1.82, 2.24) is 34.4 Å². The summed E-state index contributed by atoms with van der Waals surface area (Å²) >= 11 is 0. The van der Waals surface area contributed by atoms with Gasteiger partial charge < -0.3 is 9.72 Å². The second-order valence-electron chi connectivity index (χ2n) is 10.2. The molecule has 1 fully saturated rings. The third-order valence-electron chi connectivity index (χ3n) is 7.61. The van der Waals surface area contributed by atoms with Gasteiger partial charge in [0.2, 0.25) is 0 Å². The first-order valence-corrected chi connectivity index (χ1v) is 12.6. The lowest BCUT2D eigenvalue weighted by molar-refractivity contribution is 0.195. The summed E-state index contributed by atoms with van der Waals surface area (Å²) in [5.41, 5.74) is 4.83. The van der Waals surface area contributed by atoms with Crippen LogP contribution < -0.4 is 15.9 Å². The van der Waals surface area contributed by atoms with Gasteiger partial charge in [-0.2, -0.15) is 5.10 Å². The number of nitrogens with zero attached hydrogens (tertiary/aromatic N) is 5. The van der Waals surface area contributed by atoms with Crippen molar-refractivity contribution in [2.45, 2.75) is 45.9 Å². The van der Waals surface area contributed by atoms with E-state index >= 15 is 0 Å². The van der Waals surface area contributed by atoms with Gasteiger partial charge in [0.15, 0.2) is 0 Å². The Balaban J connectivity index is 1.52. The largest absolute Gasteiger partial charge is 0.487 e. The van der Waals surface area contributed by atoms with Crippen LogP contribution in [0.25, 0.3) is 38.9 Å². The first-order valence-electron chi connectivity index (χ1n) is 12.6. The van der Waals surface area contributed by atoms with Crippen molar-refractivity contribution in [1.29, 1.82) is 0 Å². The van der Waals surface area contributed by atoms with E-state index in [1.165, 1.54) is 0 Å². The Kier molecular flexibility index (Phi) is 4.71. The predicted molar refractivity (Wildman–Crippen MR) is 141 cm³/mol. The van der Waals surface area contributed by atoms with E-state index in [2.05, 4.69) is 27.0 Å². The number of fused-ring (bicyclic) bond motifs is 5. The van der Waals surface area contributed by atoms with E-state index in [1.807, 2.05) is 42.8 Å². The molecule has 188 valence electrons. The van der Waals surface area contributed by atoms with Crippen LogP contribution in [0.5, 0.6) is 5.75 Å². The number of hydrogen-bond donors (Lipinski definition) is 2. The number of para-hydroxylation sites is 1. The molecule has 10 heteroatoms. The zero-order chi connectivity index (χ0) is 25.4. The van der Waals surface area contributed by atoms with Gasteiger partial charge in [-0.05, 0) is 39.0 Å². The summed E-state index contributed by atoms with van der Waals surface area (Å²) in [6, 6.07) is 11.5. The molecule has 2 unspecified atom stereocenters. The molecule has 0 spiro atoms. The van der Waals surface area contributed by atoms with E-state index < -0.39 is 0 Å². The van der Waals surface area contributed by atoms with Crippen LogP contribution >= 0.6 is 0 Å². The molecule has 0 saturated carbocycles. The number of aryl methyl sites for hydroxylation is 2. The molecule has 10 nitrogen and oxygen atoms in total. The van der Waals surface area contributed by atoms with Gasteiger partial charge in [-0.1, -0.05) is 12.1 Å². The van der Waals surface area contributed by atoms with Crippen LogP contribution in [0, 0.1) is 13.8 Å². The SMILES string of the molecule is Cc1cc(C)n(-c2cc3c4nc(c(=O)[nH]c4c2)-c2cccc4c(=O)n([nH]c24)CCN2CC(C[C@H]2C)O3)n1. The van der Waals surface area contributed by atoms with Crippen LogP contribution in [0.15, 0.2) is 46.0 Å². The van der Waals surface area contributed by atoms with Crippen molar-refractivity contribution >= 4 is 21.9 Å². The quantitative estimate of drug-likeness (QED) is 0.368. The Morgan fingerprint density at radius 3 is 2.78 bits per heavy atom. The van der Waals surface area contributed by atoms with Crippen LogP contribution in [0.4, 0.5) is 0 Å². The molecular formula is C27H27N7O3. The lowest BCUT2D eigenvalue weighted by Gasteiger charge is -2.21. The minimum absolute atomic E-state index is 0.0483. The van der Waals surface area contributed by atoms with Crippen LogP contribution in [0.1, 0.15) is 24.7 Å². The Morgan fingerprint density at radius 2 is 1.97 bits per heavy atom. The van der Waals surface area contributed by atoms with E-state index in [4.69, 9.17) is 9.72 Å². The highest BCUT2D eigenvalue weighted by Crippen LogP contribution is 2.32. The smallest absolute Gasteiger partial charge is 0.275 e. The van der Waals surface area contributed by atoms with Crippen molar-refractivity contribution < 1.29 is 4.74 Å². The highest BCUT2D eigenvalue weighted by Gasteiger charge is 2.31. The van der Waals surface area contributed by atoms with E-state index in [0.29, 0.717) is 52.4 Å². The molecule has 0 amide bonds. The van der Waals surface area contributed by atoms with Gasteiger partial charge in [-0.25, -0.2) is 9.67 Å². The van der Waals surface area contributed by atoms with E-state index in [0.717, 1.165) is 30.0 Å². The number of aromatic amines is 2. The summed E-state index contributed by atoms with van der Waals surface area (Å²) in [4.78, 5) is 36.8. The van der Waals surface area contributed by atoms with E-state index in [-0.39, 0.29) is 22.9 Å². The molecule has 2 aliphatic heterocycles. The zero-order valence-corrected chi connectivity index (χ0v) is 20.9. The summed E-state index contributed by atoms with van der Waals surface area (Å²) < 4.78 is 10.1. The second-order valence-corrected chi connectivity index (χ2v) is 10.2. The summed E-state index contributed by atoms with van der Waals surface area (Å²) in [7, 11) is 0. The number of H-pyrrole nitrogens is 2. The third-order valence-corrected chi connectivity index (χ3v) is 7.61. The van der Waals surface area contributed by atoms with E-state index in [9.17, 15) is 9.59 Å². The number of aromatic nitrogens is 6.